The van der Waals surface area contributed by atoms with Gasteiger partial charge in [0.1, 0.15) is 5.82 Å². The topological polar surface area (TPSA) is 105 Å². The smallest absolute Gasteiger partial charge is 0.320 e. The van der Waals surface area contributed by atoms with Crippen molar-refractivity contribution in [2.45, 2.75) is 123 Å². The van der Waals surface area contributed by atoms with Crippen molar-refractivity contribution in [1.29, 1.82) is 0 Å². The zero-order chi connectivity index (χ0) is 25.8. The minimum absolute atomic E-state index is 0.171. The minimum atomic E-state index is -0.380. The number of fused-ring (bicyclic) bond motifs is 1. The summed E-state index contributed by atoms with van der Waals surface area (Å²) in [4.78, 5) is 42.5. The molecule has 0 radical (unpaired) electrons. The summed E-state index contributed by atoms with van der Waals surface area (Å²) >= 11 is 0. The fraction of sp³-hybridized carbons (Fsp3) is 0.714. The highest BCUT2D eigenvalue weighted by atomic mass is 16.2. The van der Waals surface area contributed by atoms with Gasteiger partial charge >= 0.3 is 6.03 Å². The Kier molecular flexibility index (Phi) is 11.5. The van der Waals surface area contributed by atoms with Crippen molar-refractivity contribution in [3.05, 3.63) is 27.8 Å². The number of hydrogen-bond acceptors (Lipinski definition) is 4. The molecule has 2 heterocycles. The van der Waals surface area contributed by atoms with Crippen LogP contribution in [0.3, 0.4) is 0 Å². The molecule has 8 heteroatoms. The average Bonchev–Trinajstić information content (AvgIpc) is 3.19. The highest BCUT2D eigenvalue weighted by molar-refractivity contribution is 6.20. The van der Waals surface area contributed by atoms with E-state index in [0.29, 0.717) is 24.5 Å². The van der Waals surface area contributed by atoms with Crippen LogP contribution in [0, 0.1) is 0 Å². The third kappa shape index (κ3) is 8.49. The molecule has 0 aromatic carbocycles. The molecule has 3 N–H and O–H groups in total. The van der Waals surface area contributed by atoms with E-state index in [9.17, 15) is 14.4 Å². The maximum atomic E-state index is 13.0. The number of rotatable bonds is 14. The van der Waals surface area contributed by atoms with Crippen LogP contribution in [0.15, 0.2) is 16.4 Å². The number of carbonyl (C=O) groups is 2. The number of allylic oxidation sites excluding steroid dienone is 1. The molecule has 1 aromatic rings. The Morgan fingerprint density at radius 1 is 0.972 bits per heavy atom. The maximum absolute atomic E-state index is 13.0. The van der Waals surface area contributed by atoms with Gasteiger partial charge in [-0.25, -0.2) is 9.78 Å². The molecule has 8 nitrogen and oxygen atoms in total. The molecule has 1 aromatic heterocycles. The molecule has 1 aliphatic carbocycles. The first-order valence-corrected chi connectivity index (χ1v) is 14.2. The predicted molar refractivity (Wildman–Crippen MR) is 145 cm³/mol. The zero-order valence-corrected chi connectivity index (χ0v) is 22.3. The Hall–Kier alpha value is -2.64. The summed E-state index contributed by atoms with van der Waals surface area (Å²) < 4.78 is 1.50. The van der Waals surface area contributed by atoms with Crippen LogP contribution in [0.25, 0.3) is 5.57 Å². The molecule has 1 saturated carbocycles. The molecule has 36 heavy (non-hydrogen) atoms. The van der Waals surface area contributed by atoms with Gasteiger partial charge in [0.2, 0.25) is 0 Å². The number of nitrogens with one attached hydrogen (secondary N) is 3. The fourth-order valence-corrected chi connectivity index (χ4v) is 5.20. The van der Waals surface area contributed by atoms with Crippen molar-refractivity contribution in [1.82, 2.24) is 20.2 Å². The van der Waals surface area contributed by atoms with Gasteiger partial charge in [0.05, 0.1) is 5.57 Å². The van der Waals surface area contributed by atoms with E-state index in [0.717, 1.165) is 44.1 Å². The molecular formula is C28H45N5O3. The second-order valence-electron chi connectivity index (χ2n) is 10.4. The second-order valence-corrected chi connectivity index (χ2v) is 10.4. The van der Waals surface area contributed by atoms with E-state index in [1.807, 2.05) is 6.92 Å². The Morgan fingerprint density at radius 3 is 2.28 bits per heavy atom. The van der Waals surface area contributed by atoms with E-state index >= 15 is 0 Å². The number of aromatic nitrogens is 2. The van der Waals surface area contributed by atoms with Gasteiger partial charge in [-0.2, -0.15) is 0 Å². The molecule has 3 rings (SSSR count). The average molecular weight is 500 g/mol. The molecule has 0 spiro atoms. The lowest BCUT2D eigenvalue weighted by molar-refractivity contribution is -0.116. The lowest BCUT2D eigenvalue weighted by Crippen LogP contribution is -2.37. The van der Waals surface area contributed by atoms with Crippen molar-refractivity contribution < 1.29 is 9.59 Å². The van der Waals surface area contributed by atoms with E-state index in [1.54, 1.807) is 0 Å². The van der Waals surface area contributed by atoms with Crippen molar-refractivity contribution >= 4 is 23.3 Å². The lowest BCUT2D eigenvalue weighted by atomic mass is 9.95. The van der Waals surface area contributed by atoms with Crippen LogP contribution in [-0.4, -0.2) is 34.1 Å². The first-order chi connectivity index (χ1) is 17.5. The largest absolute Gasteiger partial charge is 0.349 e. The Bertz CT molecular complexity index is 962. The highest BCUT2D eigenvalue weighted by Gasteiger charge is 2.29. The summed E-state index contributed by atoms with van der Waals surface area (Å²) in [5, 5.41) is 8.65. The van der Waals surface area contributed by atoms with Gasteiger partial charge in [0.15, 0.2) is 5.82 Å². The minimum Gasteiger partial charge on any atom is -0.349 e. The number of nitrogens with zero attached hydrogens (tertiary/aromatic N) is 2. The zero-order valence-electron chi connectivity index (χ0n) is 22.3. The predicted octanol–water partition coefficient (Wildman–Crippen LogP) is 5.52. The molecular weight excluding hydrogens is 454 g/mol. The molecule has 0 unspecified atom stereocenters. The van der Waals surface area contributed by atoms with Crippen LogP contribution < -0.4 is 21.5 Å². The number of hydrogen-bond donors (Lipinski definition) is 3. The van der Waals surface area contributed by atoms with Crippen LogP contribution in [0.4, 0.5) is 10.6 Å². The van der Waals surface area contributed by atoms with Crippen molar-refractivity contribution in [2.75, 3.05) is 11.9 Å². The molecule has 1 fully saturated rings. The van der Waals surface area contributed by atoms with Crippen LogP contribution in [0.5, 0.6) is 0 Å². The van der Waals surface area contributed by atoms with Crippen molar-refractivity contribution in [3.63, 3.8) is 0 Å². The molecule has 0 atom stereocenters. The monoisotopic (exact) mass is 499 g/mol. The Balaban J connectivity index is 1.43. The molecule has 0 saturated heterocycles. The van der Waals surface area contributed by atoms with E-state index < -0.39 is 0 Å². The fourth-order valence-electron chi connectivity index (χ4n) is 5.20. The molecule has 1 aliphatic heterocycles. The van der Waals surface area contributed by atoms with Gasteiger partial charge in [0, 0.05) is 25.2 Å². The van der Waals surface area contributed by atoms with E-state index in [4.69, 9.17) is 0 Å². The van der Waals surface area contributed by atoms with Gasteiger partial charge in [-0.1, -0.05) is 84.0 Å². The number of urea groups is 1. The SMILES string of the molecule is CCCCCCCCCCCCNC(=O)Nc1cc(=O)n2c(n1)C(C(=O)NC1CCCCC1)=C(C)C2. The summed E-state index contributed by atoms with van der Waals surface area (Å²) in [6, 6.07) is 1.11. The maximum Gasteiger partial charge on any atom is 0.320 e. The van der Waals surface area contributed by atoms with Crippen LogP contribution in [-0.2, 0) is 11.3 Å². The normalized spacial score (nSPS) is 15.6. The van der Waals surface area contributed by atoms with Gasteiger partial charge in [-0.3, -0.25) is 19.5 Å². The van der Waals surface area contributed by atoms with Gasteiger partial charge in [0.25, 0.3) is 11.5 Å². The van der Waals surface area contributed by atoms with Crippen LogP contribution in [0.1, 0.15) is 116 Å². The first-order valence-electron chi connectivity index (χ1n) is 14.2. The molecule has 2 aliphatic rings. The summed E-state index contributed by atoms with van der Waals surface area (Å²) in [6.07, 6.45) is 17.9. The van der Waals surface area contributed by atoms with Gasteiger partial charge < -0.3 is 10.6 Å². The standard InChI is InChI=1S/C28H45N5O3/c1-3-4-5-6-7-8-9-10-11-15-18-29-28(36)32-23-19-24(34)33-20-21(2)25(26(33)31-23)27(35)30-22-16-13-12-14-17-22/h19,22H,3-18,20H2,1-2H3,(H,30,35)(H2,29,32,36). The van der Waals surface area contributed by atoms with Crippen molar-refractivity contribution in [3.8, 4) is 0 Å². The van der Waals surface area contributed by atoms with Crippen LogP contribution >= 0.6 is 0 Å². The van der Waals surface area contributed by atoms with Crippen LogP contribution in [0.2, 0.25) is 0 Å². The highest BCUT2D eigenvalue weighted by Crippen LogP contribution is 2.27. The van der Waals surface area contributed by atoms with E-state index in [2.05, 4.69) is 27.9 Å². The molecule has 200 valence electrons. The quantitative estimate of drug-likeness (QED) is 0.293. The lowest BCUT2D eigenvalue weighted by Gasteiger charge is -2.23. The Labute approximate surface area is 215 Å². The first kappa shape index (κ1) is 27.9. The second kappa shape index (κ2) is 14.8. The third-order valence-electron chi connectivity index (χ3n) is 7.28. The van der Waals surface area contributed by atoms with Gasteiger partial charge in [-0.05, 0) is 31.8 Å². The van der Waals surface area contributed by atoms with E-state index in [-0.39, 0.29) is 29.4 Å². The molecule has 0 bridgehead atoms. The third-order valence-corrected chi connectivity index (χ3v) is 7.28. The molecule has 3 amide bonds. The number of unbranched alkanes of at least 4 members (excludes halogenated alkanes) is 9. The summed E-state index contributed by atoms with van der Waals surface area (Å²) in [7, 11) is 0. The number of amides is 3. The van der Waals surface area contributed by atoms with E-state index in [1.165, 1.54) is 68.4 Å². The van der Waals surface area contributed by atoms with Gasteiger partial charge in [-0.15, -0.1) is 0 Å². The number of anilines is 1. The summed E-state index contributed by atoms with van der Waals surface area (Å²) in [5.74, 6) is 0.322. The number of carbonyl (C=O) groups excluding carboxylic acids is 2. The summed E-state index contributed by atoms with van der Waals surface area (Å²) in [5.41, 5.74) is 0.993. The summed E-state index contributed by atoms with van der Waals surface area (Å²) in [6.45, 7) is 5.03. The van der Waals surface area contributed by atoms with Crippen molar-refractivity contribution in [2.24, 2.45) is 0 Å². The Morgan fingerprint density at radius 2 is 1.61 bits per heavy atom.